The lowest BCUT2D eigenvalue weighted by atomic mass is 10.1. The van der Waals surface area contributed by atoms with Crippen LogP contribution in [0.2, 0.25) is 0 Å². The van der Waals surface area contributed by atoms with E-state index in [4.69, 9.17) is 0 Å². The number of hydrogen-bond acceptors (Lipinski definition) is 4. The molecule has 0 aliphatic carbocycles. The van der Waals surface area contributed by atoms with Gasteiger partial charge >= 0.3 is 4.87 Å². The van der Waals surface area contributed by atoms with Gasteiger partial charge in [0.2, 0.25) is 5.88 Å². The van der Waals surface area contributed by atoms with Crippen LogP contribution in [0, 0.1) is 13.8 Å². The van der Waals surface area contributed by atoms with Crippen LogP contribution in [0.3, 0.4) is 0 Å². The predicted octanol–water partition coefficient (Wildman–Crippen LogP) is 2.34. The Balaban J connectivity index is 2.04. The van der Waals surface area contributed by atoms with E-state index in [1.54, 1.807) is 18.2 Å². The first-order chi connectivity index (χ1) is 12.4. The molecule has 0 saturated heterocycles. The molecule has 1 N–H and O–H groups in total. The van der Waals surface area contributed by atoms with E-state index in [0.29, 0.717) is 16.3 Å². The smallest absolute Gasteiger partial charge is 0.315 e. The number of thiazole rings is 1. The van der Waals surface area contributed by atoms with Crippen LogP contribution in [0.1, 0.15) is 16.0 Å². The van der Waals surface area contributed by atoms with Crippen LogP contribution in [0.4, 0.5) is 0 Å². The molecule has 1 amide bonds. The number of carbonyl (C=O) groups excluding carboxylic acids is 1. The largest absolute Gasteiger partial charge is 0.493 e. The first-order valence-electron chi connectivity index (χ1n) is 7.82. The van der Waals surface area contributed by atoms with Crippen molar-refractivity contribution in [1.29, 1.82) is 0 Å². The zero-order valence-electron chi connectivity index (χ0n) is 13.9. The van der Waals surface area contributed by atoms with Gasteiger partial charge in [0.15, 0.2) is 0 Å². The minimum Gasteiger partial charge on any atom is -0.493 e. The maximum absolute atomic E-state index is 12.6. The van der Waals surface area contributed by atoms with Crippen molar-refractivity contribution in [2.45, 2.75) is 13.8 Å². The highest BCUT2D eigenvalue weighted by molar-refractivity contribution is 9.10. The molecular weight excluding hydrogens is 416 g/mol. The van der Waals surface area contributed by atoms with Gasteiger partial charge in [-0.1, -0.05) is 39.4 Å². The van der Waals surface area contributed by atoms with Gasteiger partial charge in [-0.3, -0.25) is 9.59 Å². The van der Waals surface area contributed by atoms with Gasteiger partial charge in [0, 0.05) is 9.69 Å². The Morgan fingerprint density at radius 2 is 1.88 bits per heavy atom. The average Bonchev–Trinajstić information content (AvgIpc) is 3.05. The molecule has 0 spiro atoms. The zero-order chi connectivity index (χ0) is 18.6. The third kappa shape index (κ3) is 2.55. The van der Waals surface area contributed by atoms with E-state index in [9.17, 15) is 14.7 Å². The second kappa shape index (κ2) is 6.03. The molecule has 0 fully saturated rings. The average molecular weight is 429 g/mol. The lowest BCUT2D eigenvalue weighted by molar-refractivity contribution is -0.112. The highest BCUT2D eigenvalue weighted by atomic mass is 79.9. The third-order valence-electron chi connectivity index (χ3n) is 4.28. The Morgan fingerprint density at radius 1 is 1.12 bits per heavy atom. The van der Waals surface area contributed by atoms with Crippen LogP contribution in [0.25, 0.3) is 11.3 Å². The van der Waals surface area contributed by atoms with Crippen LogP contribution in [-0.4, -0.2) is 15.6 Å². The van der Waals surface area contributed by atoms with Crippen molar-refractivity contribution in [3.63, 3.8) is 0 Å². The molecule has 0 saturated carbocycles. The lowest BCUT2D eigenvalue weighted by Crippen LogP contribution is -2.22. The first-order valence-corrected chi connectivity index (χ1v) is 9.43. The number of fused-ring (bicyclic) bond motifs is 1. The quantitative estimate of drug-likeness (QED) is 0.680. The summed E-state index contributed by atoms with van der Waals surface area (Å²) in [5.74, 6) is -0.692. The van der Waals surface area contributed by atoms with Crippen molar-refractivity contribution >= 4 is 38.7 Å². The van der Waals surface area contributed by atoms with Crippen molar-refractivity contribution in [1.82, 2.24) is 4.57 Å². The highest BCUT2D eigenvalue weighted by Crippen LogP contribution is 2.31. The molecule has 7 heteroatoms. The second-order valence-corrected chi connectivity index (χ2v) is 7.98. The number of hydrogen-bond donors (Lipinski definition) is 1. The van der Waals surface area contributed by atoms with E-state index in [0.717, 1.165) is 26.9 Å². The molecule has 26 heavy (non-hydrogen) atoms. The van der Waals surface area contributed by atoms with Crippen LogP contribution >= 0.6 is 27.3 Å². The number of carbonyl (C=O) groups is 1. The van der Waals surface area contributed by atoms with Crippen molar-refractivity contribution in [3.8, 4) is 11.6 Å². The van der Waals surface area contributed by atoms with E-state index in [1.807, 2.05) is 32.0 Å². The highest BCUT2D eigenvalue weighted by Gasteiger charge is 2.27. The maximum atomic E-state index is 12.6. The molecule has 1 aliphatic rings. The van der Waals surface area contributed by atoms with Crippen LogP contribution in [0.15, 0.2) is 50.7 Å². The monoisotopic (exact) mass is 428 g/mol. The van der Waals surface area contributed by atoms with Gasteiger partial charge in [0.1, 0.15) is 4.88 Å². The van der Waals surface area contributed by atoms with E-state index in [-0.39, 0.29) is 21.2 Å². The fourth-order valence-corrected chi connectivity index (χ4v) is 4.30. The number of amides is 1. The van der Waals surface area contributed by atoms with Crippen LogP contribution in [0.5, 0.6) is 5.88 Å². The van der Waals surface area contributed by atoms with Gasteiger partial charge in [0.05, 0.1) is 16.6 Å². The molecule has 5 nitrogen and oxygen atoms in total. The standard InChI is InChI=1S/C19H13BrN2O3S/c1-9-3-4-10(2)14(7-9)22-18(24)16(26-19(22)25)15-12-8-11(20)5-6-13(12)21-17(15)23/h3-8,24H,1-2H3. The van der Waals surface area contributed by atoms with Gasteiger partial charge in [0.25, 0.3) is 5.91 Å². The van der Waals surface area contributed by atoms with Gasteiger partial charge in [-0.05, 0) is 49.2 Å². The number of rotatable bonds is 2. The summed E-state index contributed by atoms with van der Waals surface area (Å²) in [6.45, 7) is 3.79. The molecule has 1 aliphatic heterocycles. The SMILES string of the molecule is Cc1ccc(C)c(-n2c(O)c(C3=c4cc(Br)ccc4=NC3=O)sc2=O)c1. The summed E-state index contributed by atoms with van der Waals surface area (Å²) in [6, 6.07) is 11.0. The third-order valence-corrected chi connectivity index (χ3v) is 5.72. The number of halogens is 1. The minimum absolute atomic E-state index is 0.236. The summed E-state index contributed by atoms with van der Waals surface area (Å²) in [7, 11) is 0. The topological polar surface area (TPSA) is 71.7 Å². The van der Waals surface area contributed by atoms with Crippen LogP contribution in [-0.2, 0) is 4.79 Å². The first kappa shape index (κ1) is 16.9. The number of nitrogens with zero attached hydrogens (tertiary/aromatic N) is 2. The second-order valence-electron chi connectivity index (χ2n) is 6.10. The van der Waals surface area contributed by atoms with Crippen molar-refractivity contribution < 1.29 is 9.90 Å². The summed E-state index contributed by atoms with van der Waals surface area (Å²) in [4.78, 5) is 29.0. The number of aromatic hydroxyl groups is 1. The van der Waals surface area contributed by atoms with E-state index < -0.39 is 5.91 Å². The number of aromatic nitrogens is 1. The van der Waals surface area contributed by atoms with Gasteiger partial charge in [-0.15, -0.1) is 0 Å². The Morgan fingerprint density at radius 3 is 2.65 bits per heavy atom. The molecular formula is C19H13BrN2O3S. The van der Waals surface area contributed by atoms with Gasteiger partial charge in [-0.2, -0.15) is 0 Å². The van der Waals surface area contributed by atoms with E-state index in [1.165, 1.54) is 4.57 Å². The van der Waals surface area contributed by atoms with Crippen molar-refractivity contribution in [2.24, 2.45) is 4.99 Å². The molecule has 130 valence electrons. The molecule has 4 rings (SSSR count). The summed E-state index contributed by atoms with van der Waals surface area (Å²) in [5, 5.41) is 11.9. The molecule has 0 atom stereocenters. The molecule has 3 aromatic rings. The predicted molar refractivity (Wildman–Crippen MR) is 103 cm³/mol. The minimum atomic E-state index is -0.456. The van der Waals surface area contributed by atoms with Crippen molar-refractivity contribution in [3.05, 3.63) is 77.1 Å². The number of benzene rings is 2. The molecule has 2 aromatic carbocycles. The van der Waals surface area contributed by atoms with E-state index in [2.05, 4.69) is 20.9 Å². The Kier molecular flexibility index (Phi) is 3.93. The summed E-state index contributed by atoms with van der Waals surface area (Å²) >= 11 is 4.23. The Hall–Kier alpha value is -2.51. The fourth-order valence-electron chi connectivity index (χ4n) is 3.01. The maximum Gasteiger partial charge on any atom is 0.315 e. The molecule has 0 unspecified atom stereocenters. The van der Waals surface area contributed by atoms with Gasteiger partial charge in [-0.25, -0.2) is 9.56 Å². The van der Waals surface area contributed by atoms with Crippen LogP contribution < -0.4 is 15.4 Å². The Labute approximate surface area is 160 Å². The molecule has 2 heterocycles. The van der Waals surface area contributed by atoms with Crippen molar-refractivity contribution in [2.75, 3.05) is 0 Å². The zero-order valence-corrected chi connectivity index (χ0v) is 16.3. The fraction of sp³-hybridized carbons (Fsp3) is 0.105. The van der Waals surface area contributed by atoms with E-state index >= 15 is 0 Å². The summed E-state index contributed by atoms with van der Waals surface area (Å²) < 4.78 is 2.04. The summed E-state index contributed by atoms with van der Waals surface area (Å²) in [5.41, 5.74) is 2.68. The normalized spacial score (nSPS) is 13.0. The molecule has 1 aromatic heterocycles. The summed E-state index contributed by atoms with van der Waals surface area (Å²) in [6.07, 6.45) is 0. The molecule has 0 radical (unpaired) electrons. The van der Waals surface area contributed by atoms with Gasteiger partial charge < -0.3 is 5.11 Å². The number of aryl methyl sites for hydroxylation is 2. The lowest BCUT2D eigenvalue weighted by Gasteiger charge is -2.09. The molecule has 0 bridgehead atoms. The Bertz CT molecular complexity index is 1270.